The van der Waals surface area contributed by atoms with Crippen LogP contribution in [0.1, 0.15) is 48.7 Å². The highest BCUT2D eigenvalue weighted by Crippen LogP contribution is 2.42. The number of piperidine rings is 1. The van der Waals surface area contributed by atoms with Crippen LogP contribution in [-0.2, 0) is 11.3 Å². The summed E-state index contributed by atoms with van der Waals surface area (Å²) >= 11 is 0. The molecule has 2 heterocycles. The molecule has 2 aromatic rings. The monoisotopic (exact) mass is 432 g/mol. The third-order valence-corrected chi connectivity index (χ3v) is 5.45. The van der Waals surface area contributed by atoms with Crippen molar-refractivity contribution in [3.8, 4) is 23.0 Å². The molecule has 0 saturated carbocycles. The Hall–Kier alpha value is -3.20. The fraction of sp³-hybridized carbons (Fsp3) is 0.455. The molecule has 1 aromatic heterocycles. The van der Waals surface area contributed by atoms with E-state index in [2.05, 4.69) is 4.90 Å². The Labute approximate surface area is 180 Å². The van der Waals surface area contributed by atoms with Crippen LogP contribution in [0.5, 0.6) is 23.0 Å². The highest BCUT2D eigenvalue weighted by molar-refractivity contribution is 5.75. The van der Waals surface area contributed by atoms with E-state index in [1.165, 1.54) is 38.8 Å². The van der Waals surface area contributed by atoms with Crippen LogP contribution in [0.3, 0.4) is 0 Å². The van der Waals surface area contributed by atoms with Gasteiger partial charge in [-0.05, 0) is 43.6 Å². The highest BCUT2D eigenvalue weighted by Gasteiger charge is 2.28. The summed E-state index contributed by atoms with van der Waals surface area (Å²) < 4.78 is 16.3. The Kier molecular flexibility index (Phi) is 7.06. The van der Waals surface area contributed by atoms with Crippen molar-refractivity contribution in [1.82, 2.24) is 4.90 Å². The normalized spacial score (nSPS) is 15.4. The van der Waals surface area contributed by atoms with Crippen molar-refractivity contribution in [3.05, 3.63) is 45.5 Å². The topological polar surface area (TPSA) is 135 Å². The van der Waals surface area contributed by atoms with Crippen molar-refractivity contribution < 1.29 is 28.9 Å². The van der Waals surface area contributed by atoms with Gasteiger partial charge in [0, 0.05) is 12.5 Å². The number of hydrogen-bond acceptors (Lipinski definition) is 8. The molecule has 9 heteroatoms. The highest BCUT2D eigenvalue weighted by atomic mass is 16.5. The number of ether oxygens (including phenoxy) is 2. The van der Waals surface area contributed by atoms with E-state index in [9.17, 15) is 19.8 Å². The van der Waals surface area contributed by atoms with Crippen molar-refractivity contribution in [2.75, 3.05) is 27.3 Å². The molecule has 9 nitrogen and oxygen atoms in total. The molecule has 0 unspecified atom stereocenters. The van der Waals surface area contributed by atoms with Crippen molar-refractivity contribution in [1.29, 1.82) is 0 Å². The average molecular weight is 432 g/mol. The lowest BCUT2D eigenvalue weighted by molar-refractivity contribution is -0.118. The van der Waals surface area contributed by atoms with Crippen LogP contribution in [0.15, 0.2) is 27.4 Å². The number of nitrogens with two attached hydrogens (primary N) is 1. The SMILES string of the molecule is COc1cc([C@H](CC(N)=O)c2oc(CN3CCCCC3)cc(=O)c2O)cc(OC)c1O. The molecule has 3 rings (SSSR count). The molecule has 1 aliphatic rings. The van der Waals surface area contributed by atoms with Crippen molar-refractivity contribution in [2.45, 2.75) is 38.1 Å². The molecule has 0 aliphatic carbocycles. The first-order valence-corrected chi connectivity index (χ1v) is 10.2. The number of rotatable bonds is 8. The van der Waals surface area contributed by atoms with Gasteiger partial charge >= 0.3 is 0 Å². The number of benzene rings is 1. The van der Waals surface area contributed by atoms with Crippen LogP contribution < -0.4 is 20.6 Å². The number of hydrogen-bond donors (Lipinski definition) is 3. The van der Waals surface area contributed by atoms with E-state index in [4.69, 9.17) is 19.6 Å². The van der Waals surface area contributed by atoms with Gasteiger partial charge in [-0.3, -0.25) is 14.5 Å². The van der Waals surface area contributed by atoms with Crippen LogP contribution in [0.25, 0.3) is 0 Å². The lowest BCUT2D eigenvalue weighted by Crippen LogP contribution is -2.29. The Balaban J connectivity index is 2.08. The van der Waals surface area contributed by atoms with Gasteiger partial charge in [-0.25, -0.2) is 0 Å². The maximum atomic E-state index is 12.5. The van der Waals surface area contributed by atoms with Gasteiger partial charge in [0.25, 0.3) is 0 Å². The van der Waals surface area contributed by atoms with Gasteiger partial charge in [0.05, 0.1) is 26.7 Å². The maximum Gasteiger partial charge on any atom is 0.227 e. The number of nitrogens with zero attached hydrogens (tertiary/aromatic N) is 1. The Morgan fingerprint density at radius 2 is 1.71 bits per heavy atom. The second kappa shape index (κ2) is 9.74. The van der Waals surface area contributed by atoms with Gasteiger partial charge < -0.3 is 29.8 Å². The second-order valence-corrected chi connectivity index (χ2v) is 7.62. The largest absolute Gasteiger partial charge is 0.502 e. The molecule has 1 atom stereocenters. The van der Waals surface area contributed by atoms with Gasteiger partial charge in [-0.15, -0.1) is 0 Å². The van der Waals surface area contributed by atoms with Crippen molar-refractivity contribution in [2.24, 2.45) is 5.73 Å². The van der Waals surface area contributed by atoms with Gasteiger partial charge in [0.1, 0.15) is 5.76 Å². The maximum absolute atomic E-state index is 12.5. The first-order chi connectivity index (χ1) is 14.8. The fourth-order valence-electron chi connectivity index (χ4n) is 3.89. The molecular formula is C22H28N2O7. The van der Waals surface area contributed by atoms with Crippen LogP contribution in [0, 0.1) is 0 Å². The Bertz CT molecular complexity index is 971. The molecule has 1 saturated heterocycles. The summed E-state index contributed by atoms with van der Waals surface area (Å²) in [7, 11) is 2.75. The lowest BCUT2D eigenvalue weighted by Gasteiger charge is -2.26. The summed E-state index contributed by atoms with van der Waals surface area (Å²) in [6.07, 6.45) is 3.09. The zero-order valence-electron chi connectivity index (χ0n) is 17.7. The first-order valence-electron chi connectivity index (χ1n) is 10.2. The standard InChI is InChI=1S/C22H28N2O7/c1-29-17-8-13(9-18(30-2)21(17)28)15(11-19(23)26)22-20(27)16(25)10-14(31-22)12-24-6-4-3-5-7-24/h8-10,15,27-28H,3-7,11-12H2,1-2H3,(H2,23,26)/t15-/m0/s1. The minimum atomic E-state index is -0.880. The zero-order chi connectivity index (χ0) is 22.5. The average Bonchev–Trinajstić information content (AvgIpc) is 2.75. The predicted molar refractivity (Wildman–Crippen MR) is 113 cm³/mol. The third kappa shape index (κ3) is 5.11. The molecule has 4 N–H and O–H groups in total. The van der Waals surface area contributed by atoms with E-state index in [0.717, 1.165) is 25.9 Å². The number of carbonyl (C=O) groups excluding carboxylic acids is 1. The Morgan fingerprint density at radius 1 is 1.10 bits per heavy atom. The molecule has 168 valence electrons. The lowest BCUT2D eigenvalue weighted by atomic mass is 9.91. The molecule has 1 amide bonds. The fourth-order valence-corrected chi connectivity index (χ4v) is 3.89. The quantitative estimate of drug-likeness (QED) is 0.577. The van der Waals surface area contributed by atoms with E-state index in [1.54, 1.807) is 0 Å². The van der Waals surface area contributed by atoms with Crippen molar-refractivity contribution in [3.63, 3.8) is 0 Å². The van der Waals surface area contributed by atoms with Crippen molar-refractivity contribution >= 4 is 5.91 Å². The van der Waals surface area contributed by atoms with Gasteiger partial charge in [0.15, 0.2) is 17.3 Å². The number of primary amides is 1. The summed E-state index contributed by atoms with van der Waals surface area (Å²) in [5.41, 5.74) is 5.29. The van der Waals surface area contributed by atoms with E-state index < -0.39 is 23.0 Å². The number of methoxy groups -OCH3 is 2. The number of carbonyl (C=O) groups is 1. The minimum Gasteiger partial charge on any atom is -0.502 e. The first kappa shape index (κ1) is 22.5. The summed E-state index contributed by atoms with van der Waals surface area (Å²) in [5.74, 6) is -1.78. The summed E-state index contributed by atoms with van der Waals surface area (Å²) in [6, 6.07) is 4.25. The summed E-state index contributed by atoms with van der Waals surface area (Å²) in [5, 5.41) is 20.7. The van der Waals surface area contributed by atoms with Crippen LogP contribution in [0.4, 0.5) is 0 Å². The Morgan fingerprint density at radius 3 is 2.26 bits per heavy atom. The van der Waals surface area contributed by atoms with Gasteiger partial charge in [-0.2, -0.15) is 0 Å². The van der Waals surface area contributed by atoms with E-state index in [0.29, 0.717) is 17.9 Å². The molecule has 1 fully saturated rings. The van der Waals surface area contributed by atoms with E-state index in [1.807, 2.05) is 0 Å². The number of phenols is 1. The van der Waals surface area contributed by atoms with Gasteiger partial charge in [0.2, 0.25) is 22.8 Å². The smallest absolute Gasteiger partial charge is 0.227 e. The predicted octanol–water partition coefficient (Wildman–Crippen LogP) is 2.06. The molecule has 31 heavy (non-hydrogen) atoms. The van der Waals surface area contributed by atoms with E-state index >= 15 is 0 Å². The molecular weight excluding hydrogens is 404 g/mol. The molecule has 0 spiro atoms. The summed E-state index contributed by atoms with van der Waals surface area (Å²) in [6.45, 7) is 2.22. The van der Waals surface area contributed by atoms with Crippen LogP contribution >= 0.6 is 0 Å². The van der Waals surface area contributed by atoms with E-state index in [-0.39, 0.29) is 29.4 Å². The zero-order valence-corrected chi connectivity index (χ0v) is 17.7. The second-order valence-electron chi connectivity index (χ2n) is 7.62. The summed E-state index contributed by atoms with van der Waals surface area (Å²) in [4.78, 5) is 26.5. The van der Waals surface area contributed by atoms with Gasteiger partial charge in [-0.1, -0.05) is 6.42 Å². The molecule has 0 radical (unpaired) electrons. The minimum absolute atomic E-state index is 0.0619. The molecule has 1 aliphatic heterocycles. The van der Waals surface area contributed by atoms with Crippen LogP contribution in [-0.4, -0.2) is 48.3 Å². The number of amides is 1. The molecule has 1 aromatic carbocycles. The third-order valence-electron chi connectivity index (χ3n) is 5.45. The number of aromatic hydroxyl groups is 2. The molecule has 0 bridgehead atoms. The number of phenolic OH excluding ortho intramolecular Hbond substituents is 1. The van der Waals surface area contributed by atoms with Crippen LogP contribution in [0.2, 0.25) is 0 Å². The number of likely N-dealkylation sites (tertiary alicyclic amines) is 1.